The maximum Gasteiger partial charge on any atom is 0.104 e. The van der Waals surface area contributed by atoms with Crippen LogP contribution in [-0.4, -0.2) is 5.84 Å². The van der Waals surface area contributed by atoms with E-state index in [2.05, 4.69) is 22.4 Å². The van der Waals surface area contributed by atoms with E-state index in [0.29, 0.717) is 0 Å². The molecule has 3 rings (SSSR count). The van der Waals surface area contributed by atoms with Crippen LogP contribution in [0, 0.1) is 0 Å². The first-order valence-electron chi connectivity index (χ1n) is 5.90. The van der Waals surface area contributed by atoms with Crippen molar-refractivity contribution in [3.05, 3.63) is 64.7 Å². The number of amidine groups is 1. The summed E-state index contributed by atoms with van der Waals surface area (Å²) in [6.45, 7) is 1.98. The van der Waals surface area contributed by atoms with Gasteiger partial charge in [0.1, 0.15) is 6.04 Å². The average Bonchev–Trinajstić information content (AvgIpc) is 2.39. The van der Waals surface area contributed by atoms with Crippen molar-refractivity contribution >= 4 is 23.1 Å². The van der Waals surface area contributed by atoms with E-state index in [-0.39, 0.29) is 6.04 Å². The molecule has 0 saturated heterocycles. The number of fused-ring (bicyclic) bond motifs is 1. The quantitative estimate of drug-likeness (QED) is 0.809. The van der Waals surface area contributed by atoms with Gasteiger partial charge in [-0.05, 0) is 30.7 Å². The largest absolute Gasteiger partial charge is 0.344 e. The zero-order valence-corrected chi connectivity index (χ0v) is 10.8. The zero-order chi connectivity index (χ0) is 12.5. The van der Waals surface area contributed by atoms with Crippen LogP contribution in [0.3, 0.4) is 0 Å². The topological polar surface area (TPSA) is 24.4 Å². The Labute approximate surface area is 111 Å². The molecule has 2 aromatic rings. The predicted octanol–water partition coefficient (Wildman–Crippen LogP) is 4.27. The Kier molecular flexibility index (Phi) is 2.80. The van der Waals surface area contributed by atoms with Crippen molar-refractivity contribution in [3.8, 4) is 0 Å². The fourth-order valence-corrected chi connectivity index (χ4v) is 2.43. The minimum Gasteiger partial charge on any atom is -0.344 e. The van der Waals surface area contributed by atoms with Crippen LogP contribution in [0.25, 0.3) is 0 Å². The minimum absolute atomic E-state index is 0.0288. The van der Waals surface area contributed by atoms with Gasteiger partial charge in [-0.1, -0.05) is 41.9 Å². The molecular formula is C15H13ClN2. The number of aliphatic imine (C=N–C) groups is 1. The monoisotopic (exact) mass is 256 g/mol. The van der Waals surface area contributed by atoms with Gasteiger partial charge in [-0.2, -0.15) is 0 Å². The number of halogens is 1. The second-order valence-corrected chi connectivity index (χ2v) is 4.82. The normalized spacial score (nSPS) is 17.7. The maximum atomic E-state index is 6.09. The average molecular weight is 257 g/mol. The van der Waals surface area contributed by atoms with Gasteiger partial charge in [0.2, 0.25) is 0 Å². The second kappa shape index (κ2) is 4.46. The lowest BCUT2D eigenvalue weighted by Gasteiger charge is -2.24. The van der Waals surface area contributed by atoms with Crippen molar-refractivity contribution in [2.75, 3.05) is 5.32 Å². The van der Waals surface area contributed by atoms with Crippen LogP contribution in [0.15, 0.2) is 53.5 Å². The Morgan fingerprint density at radius 2 is 1.89 bits per heavy atom. The van der Waals surface area contributed by atoms with E-state index in [0.717, 1.165) is 22.1 Å². The van der Waals surface area contributed by atoms with Gasteiger partial charge in [0.25, 0.3) is 0 Å². The van der Waals surface area contributed by atoms with Gasteiger partial charge in [-0.25, -0.2) is 0 Å². The summed E-state index contributed by atoms with van der Waals surface area (Å²) >= 11 is 6.09. The summed E-state index contributed by atoms with van der Waals surface area (Å²) in [6, 6.07) is 16.2. The highest BCUT2D eigenvalue weighted by atomic mass is 35.5. The summed E-state index contributed by atoms with van der Waals surface area (Å²) in [5, 5.41) is 4.02. The smallest absolute Gasteiger partial charge is 0.104 e. The lowest BCUT2D eigenvalue weighted by atomic mass is 9.96. The molecule has 1 atom stereocenters. The third-order valence-corrected chi connectivity index (χ3v) is 3.30. The van der Waals surface area contributed by atoms with Gasteiger partial charge in [0.05, 0.1) is 5.84 Å². The molecule has 0 bridgehead atoms. The van der Waals surface area contributed by atoms with E-state index in [1.54, 1.807) is 0 Å². The number of nitrogens with zero attached hydrogens (tertiary/aromatic N) is 1. The molecule has 0 amide bonds. The first-order valence-corrected chi connectivity index (χ1v) is 6.27. The summed E-state index contributed by atoms with van der Waals surface area (Å²) in [4.78, 5) is 4.68. The first kappa shape index (κ1) is 11.3. The Morgan fingerprint density at radius 3 is 2.67 bits per heavy atom. The van der Waals surface area contributed by atoms with Crippen LogP contribution in [0.4, 0.5) is 5.69 Å². The van der Waals surface area contributed by atoms with Crippen LogP contribution in [0.5, 0.6) is 0 Å². The predicted molar refractivity (Wildman–Crippen MR) is 76.5 cm³/mol. The molecule has 1 aliphatic heterocycles. The van der Waals surface area contributed by atoms with E-state index in [9.17, 15) is 0 Å². The molecule has 18 heavy (non-hydrogen) atoms. The van der Waals surface area contributed by atoms with E-state index >= 15 is 0 Å². The van der Waals surface area contributed by atoms with Gasteiger partial charge in [-0.15, -0.1) is 0 Å². The zero-order valence-electron chi connectivity index (χ0n) is 10.0. The molecular weight excluding hydrogens is 244 g/mol. The van der Waals surface area contributed by atoms with Crippen LogP contribution in [-0.2, 0) is 0 Å². The second-order valence-electron chi connectivity index (χ2n) is 4.38. The molecule has 3 heteroatoms. The summed E-state index contributed by atoms with van der Waals surface area (Å²) in [6.07, 6.45) is 0. The number of anilines is 1. The van der Waals surface area contributed by atoms with E-state index in [4.69, 9.17) is 11.6 Å². The van der Waals surface area contributed by atoms with E-state index in [1.807, 2.05) is 43.3 Å². The maximum absolute atomic E-state index is 6.09. The molecule has 1 N–H and O–H groups in total. The van der Waals surface area contributed by atoms with Crippen LogP contribution < -0.4 is 5.32 Å². The van der Waals surface area contributed by atoms with Gasteiger partial charge >= 0.3 is 0 Å². The third-order valence-electron chi connectivity index (χ3n) is 3.06. The summed E-state index contributed by atoms with van der Waals surface area (Å²) in [5.74, 6) is 0.929. The molecule has 0 aliphatic carbocycles. The molecule has 2 nitrogen and oxygen atoms in total. The lowest BCUT2D eigenvalue weighted by Crippen LogP contribution is -2.18. The summed E-state index contributed by atoms with van der Waals surface area (Å²) < 4.78 is 0. The van der Waals surface area contributed by atoms with Gasteiger partial charge in [0.15, 0.2) is 0 Å². The fourth-order valence-electron chi connectivity index (χ4n) is 2.25. The van der Waals surface area contributed by atoms with Crippen molar-refractivity contribution in [2.45, 2.75) is 13.0 Å². The lowest BCUT2D eigenvalue weighted by molar-refractivity contribution is 0.862. The third kappa shape index (κ3) is 2.00. The van der Waals surface area contributed by atoms with Crippen molar-refractivity contribution in [1.29, 1.82) is 0 Å². The van der Waals surface area contributed by atoms with Crippen LogP contribution >= 0.6 is 11.6 Å². The van der Waals surface area contributed by atoms with E-state index in [1.165, 1.54) is 5.56 Å². The number of hydrogen-bond acceptors (Lipinski definition) is 2. The Bertz CT molecular complexity index is 605. The van der Waals surface area contributed by atoms with Crippen molar-refractivity contribution in [1.82, 2.24) is 0 Å². The van der Waals surface area contributed by atoms with Crippen LogP contribution in [0.2, 0.25) is 5.02 Å². The molecule has 0 radical (unpaired) electrons. The highest BCUT2D eigenvalue weighted by Crippen LogP contribution is 2.36. The number of hydrogen-bond donors (Lipinski definition) is 1. The molecule has 0 fully saturated rings. The minimum atomic E-state index is 0.0288. The molecule has 1 unspecified atom stereocenters. The summed E-state index contributed by atoms with van der Waals surface area (Å²) in [5.41, 5.74) is 3.39. The van der Waals surface area contributed by atoms with Crippen molar-refractivity contribution in [2.24, 2.45) is 4.99 Å². The van der Waals surface area contributed by atoms with Gasteiger partial charge in [0, 0.05) is 16.3 Å². The number of rotatable bonds is 1. The molecule has 0 aromatic heterocycles. The number of nitrogens with one attached hydrogen (secondary N) is 1. The molecule has 1 heterocycles. The molecule has 0 spiro atoms. The molecule has 90 valence electrons. The van der Waals surface area contributed by atoms with Gasteiger partial charge < -0.3 is 5.32 Å². The van der Waals surface area contributed by atoms with Crippen molar-refractivity contribution in [3.63, 3.8) is 0 Å². The summed E-state index contributed by atoms with van der Waals surface area (Å²) in [7, 11) is 0. The Balaban J connectivity index is 2.14. The Hall–Kier alpha value is -1.80. The number of benzene rings is 2. The first-order chi connectivity index (χ1) is 8.74. The van der Waals surface area contributed by atoms with E-state index < -0.39 is 0 Å². The fraction of sp³-hybridized carbons (Fsp3) is 0.133. The standard InChI is InChI=1S/C15H13ClN2/c1-10-17-14-8-7-12(16)9-13(14)15(18-10)11-5-3-2-4-6-11/h2-9,15H,1H3,(H,17,18). The highest BCUT2D eigenvalue weighted by Gasteiger charge is 2.21. The Morgan fingerprint density at radius 1 is 1.11 bits per heavy atom. The molecule has 0 saturated carbocycles. The van der Waals surface area contributed by atoms with Crippen molar-refractivity contribution < 1.29 is 0 Å². The molecule has 2 aromatic carbocycles. The van der Waals surface area contributed by atoms with Gasteiger partial charge in [-0.3, -0.25) is 4.99 Å². The molecule has 1 aliphatic rings. The van der Waals surface area contributed by atoms with Crippen LogP contribution in [0.1, 0.15) is 24.1 Å². The highest BCUT2D eigenvalue weighted by molar-refractivity contribution is 6.30. The SMILES string of the molecule is CC1=NC(c2ccccc2)c2cc(Cl)ccc2N1.